The minimum absolute atomic E-state index is 0.0634. The summed E-state index contributed by atoms with van der Waals surface area (Å²) in [4.78, 5) is 20.5. The van der Waals surface area contributed by atoms with Gasteiger partial charge in [0.1, 0.15) is 6.04 Å². The van der Waals surface area contributed by atoms with Crippen LogP contribution in [0.3, 0.4) is 0 Å². The second-order valence-electron chi connectivity index (χ2n) is 7.38. The molecular weight excluding hydrogens is 461 g/mol. The number of nitrogens with zero attached hydrogens (tertiary/aromatic N) is 4. The molecule has 1 aromatic carbocycles. The summed E-state index contributed by atoms with van der Waals surface area (Å²) < 4.78 is 67.0. The van der Waals surface area contributed by atoms with Crippen LogP contribution >= 0.6 is 0 Å². The molecule has 0 radical (unpaired) electrons. The molecule has 0 spiro atoms. The number of nitrogens with one attached hydrogen (secondary N) is 2. The van der Waals surface area contributed by atoms with Crippen LogP contribution < -0.4 is 10.0 Å². The van der Waals surface area contributed by atoms with E-state index in [1.807, 2.05) is 0 Å². The van der Waals surface area contributed by atoms with Gasteiger partial charge in [-0.05, 0) is 64.1 Å². The molecule has 3 aromatic rings. The maximum Gasteiger partial charge on any atom is 0.435 e. The lowest BCUT2D eigenvalue weighted by Crippen LogP contribution is -2.25. The van der Waals surface area contributed by atoms with E-state index in [4.69, 9.17) is 0 Å². The quantitative estimate of drug-likeness (QED) is 0.554. The highest BCUT2D eigenvalue weighted by molar-refractivity contribution is 7.92. The fourth-order valence-corrected chi connectivity index (χ4v) is 3.99. The van der Waals surface area contributed by atoms with Gasteiger partial charge in [-0.1, -0.05) is 0 Å². The molecular formula is C20H21F3N6O3S. The van der Waals surface area contributed by atoms with E-state index in [2.05, 4.69) is 25.1 Å². The summed E-state index contributed by atoms with van der Waals surface area (Å²) in [5, 5.41) is 6.01. The molecule has 0 saturated carbocycles. The van der Waals surface area contributed by atoms with Crippen LogP contribution in [0.5, 0.6) is 0 Å². The Balaban J connectivity index is 1.72. The predicted octanol–water partition coefficient (Wildman–Crippen LogP) is 3.62. The first kappa shape index (κ1) is 24.2. The minimum Gasteiger partial charge on any atom is -0.324 e. The number of aromatic nitrogens is 4. The molecule has 2 aromatic heterocycles. The lowest BCUT2D eigenvalue weighted by molar-refractivity contribution is -0.141. The summed E-state index contributed by atoms with van der Waals surface area (Å²) in [5.41, 5.74) is 0.541. The Morgan fingerprint density at radius 3 is 2.12 bits per heavy atom. The van der Waals surface area contributed by atoms with E-state index in [9.17, 15) is 26.4 Å². The Kier molecular flexibility index (Phi) is 6.45. The van der Waals surface area contributed by atoms with E-state index in [-0.39, 0.29) is 22.2 Å². The molecule has 0 aliphatic heterocycles. The molecule has 1 atom stereocenters. The summed E-state index contributed by atoms with van der Waals surface area (Å²) in [6.45, 7) is 6.24. The van der Waals surface area contributed by atoms with Crippen molar-refractivity contribution in [1.82, 2.24) is 19.7 Å². The Morgan fingerprint density at radius 2 is 1.61 bits per heavy atom. The maximum atomic E-state index is 12.9. The number of hydrogen-bond donors (Lipinski definition) is 2. The zero-order chi connectivity index (χ0) is 24.6. The van der Waals surface area contributed by atoms with Crippen molar-refractivity contribution in [3.63, 3.8) is 0 Å². The molecule has 13 heteroatoms. The Morgan fingerprint density at radius 1 is 1.03 bits per heavy atom. The fraction of sp³-hybridized carbons (Fsp3) is 0.300. The van der Waals surface area contributed by atoms with Crippen LogP contribution in [-0.2, 0) is 21.0 Å². The van der Waals surface area contributed by atoms with E-state index in [0.29, 0.717) is 11.4 Å². The zero-order valence-electron chi connectivity index (χ0n) is 18.1. The SMILES string of the molecule is Cc1cc(C)nc(NS(=O)(=O)c2ccc(NC(=O)C(C)n3nc(C(F)(F)F)cc3C)cc2)n1. The largest absolute Gasteiger partial charge is 0.435 e. The zero-order valence-corrected chi connectivity index (χ0v) is 18.9. The third-order valence-corrected chi connectivity index (χ3v) is 5.94. The standard InChI is InChI=1S/C20H21F3N6O3S/c1-11-9-12(2)25-19(24-11)28-33(31,32)16-7-5-15(6-8-16)26-18(30)14(4)29-13(3)10-17(27-29)20(21,22)23/h5-10,14H,1-4H3,(H,26,30)(H,24,25,28). The number of halogens is 3. The highest BCUT2D eigenvalue weighted by atomic mass is 32.2. The van der Waals surface area contributed by atoms with Gasteiger partial charge in [-0.25, -0.2) is 23.1 Å². The number of rotatable bonds is 6. The molecule has 9 nitrogen and oxygen atoms in total. The van der Waals surface area contributed by atoms with Crippen molar-refractivity contribution in [3.05, 3.63) is 59.2 Å². The summed E-state index contributed by atoms with van der Waals surface area (Å²) >= 11 is 0. The summed E-state index contributed by atoms with van der Waals surface area (Å²) in [7, 11) is -3.98. The number of alkyl halides is 3. The molecule has 0 fully saturated rings. The van der Waals surface area contributed by atoms with Crippen LogP contribution in [0.1, 0.15) is 35.7 Å². The lowest BCUT2D eigenvalue weighted by atomic mass is 10.2. The number of hydrogen-bond acceptors (Lipinski definition) is 6. The molecule has 3 rings (SSSR count). The summed E-state index contributed by atoms with van der Waals surface area (Å²) in [6.07, 6.45) is -4.62. The summed E-state index contributed by atoms with van der Waals surface area (Å²) in [5.74, 6) is -0.682. The van der Waals surface area contributed by atoms with Gasteiger partial charge in [0.15, 0.2) is 5.69 Å². The second kappa shape index (κ2) is 8.81. The van der Waals surface area contributed by atoms with Gasteiger partial charge in [0, 0.05) is 22.8 Å². The number of anilines is 2. The van der Waals surface area contributed by atoms with Crippen molar-refractivity contribution in [2.45, 2.75) is 44.8 Å². The lowest BCUT2D eigenvalue weighted by Gasteiger charge is -2.15. The van der Waals surface area contributed by atoms with Crippen molar-refractivity contribution in [1.29, 1.82) is 0 Å². The molecule has 0 bridgehead atoms. The summed E-state index contributed by atoms with van der Waals surface area (Å²) in [6, 6.07) is 6.78. The maximum absolute atomic E-state index is 12.9. The molecule has 1 amide bonds. The normalized spacial score (nSPS) is 12.9. The van der Waals surface area contributed by atoms with Crippen molar-refractivity contribution in [2.75, 3.05) is 10.0 Å². The van der Waals surface area contributed by atoms with E-state index in [0.717, 1.165) is 10.7 Å². The fourth-order valence-electron chi connectivity index (χ4n) is 3.04. The molecule has 0 aliphatic carbocycles. The van der Waals surface area contributed by atoms with Crippen molar-refractivity contribution in [2.24, 2.45) is 0 Å². The Hall–Kier alpha value is -3.48. The first-order valence-electron chi connectivity index (χ1n) is 9.65. The number of benzene rings is 1. The van der Waals surface area contributed by atoms with Crippen LogP contribution in [0.2, 0.25) is 0 Å². The molecule has 2 N–H and O–H groups in total. The van der Waals surface area contributed by atoms with Crippen LogP contribution in [0.25, 0.3) is 0 Å². The van der Waals surface area contributed by atoms with E-state index >= 15 is 0 Å². The van der Waals surface area contributed by atoms with E-state index in [1.165, 1.54) is 38.1 Å². The first-order valence-corrected chi connectivity index (χ1v) is 11.1. The molecule has 0 aliphatic rings. The third-order valence-electron chi connectivity index (χ3n) is 4.60. The highest BCUT2D eigenvalue weighted by Crippen LogP contribution is 2.29. The van der Waals surface area contributed by atoms with Gasteiger partial charge < -0.3 is 5.32 Å². The molecule has 1 unspecified atom stereocenters. The number of sulfonamides is 1. The topological polar surface area (TPSA) is 119 Å². The van der Waals surface area contributed by atoms with Gasteiger partial charge in [-0.3, -0.25) is 9.48 Å². The average Bonchev–Trinajstić information content (AvgIpc) is 3.08. The number of amides is 1. The van der Waals surface area contributed by atoms with Gasteiger partial charge in [-0.2, -0.15) is 18.3 Å². The molecule has 176 valence electrons. The van der Waals surface area contributed by atoms with Crippen LogP contribution in [-0.4, -0.2) is 34.1 Å². The molecule has 2 heterocycles. The monoisotopic (exact) mass is 482 g/mol. The van der Waals surface area contributed by atoms with Gasteiger partial charge in [0.05, 0.1) is 4.90 Å². The molecule has 0 saturated heterocycles. The van der Waals surface area contributed by atoms with Crippen molar-refractivity contribution in [3.8, 4) is 0 Å². The van der Waals surface area contributed by atoms with Gasteiger partial charge in [-0.15, -0.1) is 0 Å². The second-order valence-corrected chi connectivity index (χ2v) is 9.07. The smallest absolute Gasteiger partial charge is 0.324 e. The highest BCUT2D eigenvalue weighted by Gasteiger charge is 2.35. The Bertz CT molecular complexity index is 1270. The average molecular weight is 482 g/mol. The number of aryl methyl sites for hydroxylation is 3. The van der Waals surface area contributed by atoms with Gasteiger partial charge in [0.2, 0.25) is 11.9 Å². The molecule has 33 heavy (non-hydrogen) atoms. The van der Waals surface area contributed by atoms with Crippen molar-refractivity contribution >= 4 is 27.6 Å². The van der Waals surface area contributed by atoms with Crippen molar-refractivity contribution < 1.29 is 26.4 Å². The van der Waals surface area contributed by atoms with E-state index in [1.54, 1.807) is 19.9 Å². The van der Waals surface area contributed by atoms with Crippen LogP contribution in [0.15, 0.2) is 41.3 Å². The number of carbonyl (C=O) groups is 1. The number of carbonyl (C=O) groups excluding carboxylic acids is 1. The van der Waals surface area contributed by atoms with Gasteiger partial charge in [0.25, 0.3) is 10.0 Å². The van der Waals surface area contributed by atoms with Crippen LogP contribution in [0.4, 0.5) is 24.8 Å². The Labute approximate surface area is 188 Å². The first-order chi connectivity index (χ1) is 15.3. The van der Waals surface area contributed by atoms with E-state index < -0.39 is 33.8 Å². The van der Waals surface area contributed by atoms with Gasteiger partial charge >= 0.3 is 6.18 Å². The predicted molar refractivity (Wildman–Crippen MR) is 114 cm³/mol. The third kappa shape index (κ3) is 5.66. The van der Waals surface area contributed by atoms with Crippen LogP contribution in [0, 0.1) is 20.8 Å². The minimum atomic E-state index is -4.62.